The van der Waals surface area contributed by atoms with Crippen molar-refractivity contribution in [3.63, 3.8) is 0 Å². The first-order valence-electron chi connectivity index (χ1n) is 5.64. The molecule has 2 atom stereocenters. The van der Waals surface area contributed by atoms with Crippen molar-refractivity contribution in [1.29, 1.82) is 0 Å². The van der Waals surface area contributed by atoms with E-state index in [0.717, 1.165) is 17.3 Å². The van der Waals surface area contributed by atoms with E-state index in [2.05, 4.69) is 18.5 Å². The molecule has 1 rings (SSSR count). The van der Waals surface area contributed by atoms with E-state index in [1.807, 2.05) is 18.4 Å². The first-order chi connectivity index (χ1) is 8.21. The van der Waals surface area contributed by atoms with Gasteiger partial charge in [0.25, 0.3) is 0 Å². The molecule has 0 bridgehead atoms. The van der Waals surface area contributed by atoms with Crippen LogP contribution in [0.4, 0.5) is 0 Å². The third kappa shape index (κ3) is 4.95. The fraction of sp³-hybridized carbons (Fsp3) is 0.667. The maximum Gasteiger partial charge on any atom is 0.118 e. The van der Waals surface area contributed by atoms with E-state index in [1.54, 1.807) is 23.5 Å². The summed E-state index contributed by atoms with van der Waals surface area (Å²) in [5.41, 5.74) is 0. The van der Waals surface area contributed by atoms with Crippen LogP contribution in [0.3, 0.4) is 0 Å². The Balaban J connectivity index is 2.38. The zero-order chi connectivity index (χ0) is 12.7. The third-order valence-electron chi connectivity index (χ3n) is 2.64. The van der Waals surface area contributed by atoms with Crippen LogP contribution < -0.4 is 5.32 Å². The molecule has 0 aliphatic rings. The average molecular weight is 275 g/mol. The molecule has 1 heterocycles. The van der Waals surface area contributed by atoms with Crippen molar-refractivity contribution in [2.75, 3.05) is 19.1 Å². The van der Waals surface area contributed by atoms with Crippen LogP contribution in [0.15, 0.2) is 16.5 Å². The predicted molar refractivity (Wildman–Crippen MR) is 76.6 cm³/mol. The lowest BCUT2D eigenvalue weighted by Crippen LogP contribution is -2.36. The molecule has 3 nitrogen and oxygen atoms in total. The maximum absolute atomic E-state index is 9.18. The molecule has 1 aromatic heterocycles. The van der Waals surface area contributed by atoms with Gasteiger partial charge in [0.05, 0.1) is 18.9 Å². The van der Waals surface area contributed by atoms with Gasteiger partial charge in [0.2, 0.25) is 0 Å². The van der Waals surface area contributed by atoms with Crippen LogP contribution in [0.2, 0.25) is 0 Å². The lowest BCUT2D eigenvalue weighted by Gasteiger charge is -2.20. The molecule has 0 saturated carbocycles. The number of furan rings is 1. The lowest BCUT2D eigenvalue weighted by molar-refractivity contribution is 0.274. The summed E-state index contributed by atoms with van der Waals surface area (Å²) in [6, 6.07) is 4.30. The minimum atomic E-state index is 0.200. The second kappa shape index (κ2) is 8.08. The van der Waals surface area contributed by atoms with E-state index in [4.69, 9.17) is 4.42 Å². The summed E-state index contributed by atoms with van der Waals surface area (Å²) in [5.74, 6) is 2.89. The van der Waals surface area contributed by atoms with Gasteiger partial charge in [-0.1, -0.05) is 0 Å². The number of aliphatic hydroxyl groups is 1. The van der Waals surface area contributed by atoms with E-state index in [9.17, 15) is 5.11 Å². The predicted octanol–water partition coefficient (Wildman–Crippen LogP) is 2.34. The summed E-state index contributed by atoms with van der Waals surface area (Å²) in [5, 5.41) is 12.8. The zero-order valence-corrected chi connectivity index (χ0v) is 12.2. The van der Waals surface area contributed by atoms with Gasteiger partial charge in [-0.2, -0.15) is 23.5 Å². The van der Waals surface area contributed by atoms with Gasteiger partial charge in [-0.15, -0.1) is 0 Å². The van der Waals surface area contributed by atoms with Crippen molar-refractivity contribution in [3.05, 3.63) is 23.7 Å². The molecule has 0 aromatic carbocycles. The second-order valence-corrected chi connectivity index (χ2v) is 5.87. The van der Waals surface area contributed by atoms with Gasteiger partial charge in [-0.05, 0) is 31.6 Å². The van der Waals surface area contributed by atoms with E-state index in [0.29, 0.717) is 6.54 Å². The molecule has 0 fully saturated rings. The van der Waals surface area contributed by atoms with Crippen LogP contribution in [-0.2, 0) is 12.3 Å². The molecule has 2 unspecified atom stereocenters. The van der Waals surface area contributed by atoms with Crippen molar-refractivity contribution < 1.29 is 9.52 Å². The summed E-state index contributed by atoms with van der Waals surface area (Å²) in [7, 11) is 0. The minimum absolute atomic E-state index is 0.200. The largest absolute Gasteiger partial charge is 0.464 e. The highest BCUT2D eigenvalue weighted by Gasteiger charge is 2.14. The van der Waals surface area contributed by atoms with Crippen LogP contribution in [0, 0.1) is 0 Å². The van der Waals surface area contributed by atoms with Crippen molar-refractivity contribution in [2.45, 2.75) is 30.5 Å². The number of hydrogen-bond acceptors (Lipinski definition) is 5. The van der Waals surface area contributed by atoms with Crippen LogP contribution in [0.1, 0.15) is 18.4 Å². The number of nitrogens with one attached hydrogen (secondary N) is 1. The number of aliphatic hydroxyl groups excluding tert-OH is 1. The van der Waals surface area contributed by atoms with Crippen LogP contribution in [0.5, 0.6) is 0 Å². The highest BCUT2D eigenvalue weighted by atomic mass is 32.2. The van der Waals surface area contributed by atoms with Crippen molar-refractivity contribution in [3.8, 4) is 0 Å². The van der Waals surface area contributed by atoms with Crippen molar-refractivity contribution >= 4 is 23.5 Å². The highest BCUT2D eigenvalue weighted by Crippen LogP contribution is 2.15. The Bertz CT molecular complexity index is 313. The summed E-state index contributed by atoms with van der Waals surface area (Å²) in [6.07, 6.45) is 4.08. The molecule has 0 radical (unpaired) electrons. The van der Waals surface area contributed by atoms with E-state index < -0.39 is 0 Å². The third-order valence-corrected chi connectivity index (χ3v) is 4.38. The van der Waals surface area contributed by atoms with Gasteiger partial charge in [0, 0.05) is 11.3 Å². The van der Waals surface area contributed by atoms with Crippen LogP contribution >= 0.6 is 23.5 Å². The van der Waals surface area contributed by atoms with Crippen molar-refractivity contribution in [2.24, 2.45) is 0 Å². The van der Waals surface area contributed by atoms with Gasteiger partial charge in [-0.25, -0.2) is 0 Å². The molecule has 5 heteroatoms. The Morgan fingerprint density at radius 1 is 1.35 bits per heavy atom. The molecule has 0 amide bonds. The fourth-order valence-corrected chi connectivity index (χ4v) is 2.66. The molecule has 17 heavy (non-hydrogen) atoms. The quantitative estimate of drug-likeness (QED) is 0.762. The fourth-order valence-electron chi connectivity index (χ4n) is 1.57. The van der Waals surface area contributed by atoms with Gasteiger partial charge in [-0.3, -0.25) is 0 Å². The number of hydrogen-bond donors (Lipinski definition) is 2. The summed E-state index contributed by atoms with van der Waals surface area (Å²) in [6.45, 7) is 3.00. The minimum Gasteiger partial charge on any atom is -0.464 e. The Morgan fingerprint density at radius 3 is 2.65 bits per heavy atom. The molecule has 0 aliphatic heterocycles. The molecular formula is C12H21NO2S2. The number of rotatable bonds is 8. The Morgan fingerprint density at radius 2 is 2.06 bits per heavy atom. The first kappa shape index (κ1) is 15.0. The summed E-state index contributed by atoms with van der Waals surface area (Å²) in [4.78, 5) is 0. The van der Waals surface area contributed by atoms with Gasteiger partial charge in [0.15, 0.2) is 0 Å². The first-order valence-corrected chi connectivity index (χ1v) is 8.33. The van der Waals surface area contributed by atoms with E-state index >= 15 is 0 Å². The maximum atomic E-state index is 9.18. The molecule has 98 valence electrons. The number of thioether (sulfide) groups is 2. The Hall–Kier alpha value is -0.100. The van der Waals surface area contributed by atoms with E-state index in [1.165, 1.54) is 0 Å². The summed E-state index contributed by atoms with van der Waals surface area (Å²) >= 11 is 3.43. The van der Waals surface area contributed by atoms with Gasteiger partial charge < -0.3 is 14.8 Å². The summed E-state index contributed by atoms with van der Waals surface area (Å²) < 4.78 is 5.67. The molecule has 0 aliphatic carbocycles. The second-order valence-electron chi connectivity index (χ2n) is 3.93. The monoisotopic (exact) mass is 275 g/mol. The van der Waals surface area contributed by atoms with Crippen LogP contribution in [0.25, 0.3) is 0 Å². The standard InChI is InChI=1S/C12H21NO2S2/c1-9(12(7-14)17-3)13-6-10-4-5-11(15-10)8-16-2/h4-5,9,12-14H,6-8H2,1-3H3. The molecule has 0 spiro atoms. The molecular weight excluding hydrogens is 254 g/mol. The smallest absolute Gasteiger partial charge is 0.118 e. The average Bonchev–Trinajstić information content (AvgIpc) is 2.76. The zero-order valence-electron chi connectivity index (χ0n) is 10.6. The molecule has 1 aromatic rings. The van der Waals surface area contributed by atoms with Gasteiger partial charge in [0.1, 0.15) is 11.5 Å². The topological polar surface area (TPSA) is 45.4 Å². The molecule has 2 N–H and O–H groups in total. The highest BCUT2D eigenvalue weighted by molar-refractivity contribution is 7.99. The SMILES string of the molecule is CSCc1ccc(CNC(C)C(CO)SC)o1. The van der Waals surface area contributed by atoms with Crippen molar-refractivity contribution in [1.82, 2.24) is 5.32 Å². The Kier molecular flexibility index (Phi) is 7.11. The normalized spacial score (nSPS) is 14.8. The van der Waals surface area contributed by atoms with E-state index in [-0.39, 0.29) is 17.9 Å². The molecule has 0 saturated heterocycles. The lowest BCUT2D eigenvalue weighted by atomic mass is 10.2. The van der Waals surface area contributed by atoms with Gasteiger partial charge >= 0.3 is 0 Å². The van der Waals surface area contributed by atoms with Crippen LogP contribution in [-0.4, -0.2) is 35.5 Å². The Labute approximate surface area is 112 Å².